The minimum Gasteiger partial charge on any atom is -0.450 e. The molecule has 3 N–H and O–H groups in total. The van der Waals surface area contributed by atoms with Gasteiger partial charge in [0.1, 0.15) is 5.75 Å². The first-order valence-corrected chi connectivity index (χ1v) is 6.02. The molecule has 0 saturated heterocycles. The number of rotatable bonds is 4. The molecule has 0 amide bonds. The van der Waals surface area contributed by atoms with E-state index in [1.54, 1.807) is 12.1 Å². The van der Waals surface area contributed by atoms with Crippen molar-refractivity contribution in [1.82, 2.24) is 0 Å². The second kappa shape index (κ2) is 5.91. The van der Waals surface area contributed by atoms with Crippen molar-refractivity contribution in [3.05, 3.63) is 63.7 Å². The van der Waals surface area contributed by atoms with Gasteiger partial charge in [0.2, 0.25) is 5.75 Å². The first-order valence-electron chi connectivity index (χ1n) is 6.02. The summed E-state index contributed by atoms with van der Waals surface area (Å²) in [6.45, 7) is 1.93. The smallest absolute Gasteiger partial charge is 0.312 e. The van der Waals surface area contributed by atoms with Crippen LogP contribution >= 0.6 is 0 Å². The quantitative estimate of drug-likeness (QED) is 0.295. The van der Waals surface area contributed by atoms with Crippen LogP contribution in [0.3, 0.4) is 0 Å². The Kier molecular flexibility index (Phi) is 4.03. The highest BCUT2D eigenvalue weighted by molar-refractivity contribution is 5.97. The third kappa shape index (κ3) is 3.27. The summed E-state index contributed by atoms with van der Waals surface area (Å²) < 4.78 is 5.51. The molecule has 0 aliphatic rings. The molecule has 0 fully saturated rings. The zero-order valence-electron chi connectivity index (χ0n) is 11.2. The second-order valence-electron chi connectivity index (χ2n) is 4.34. The first-order chi connectivity index (χ1) is 10.0. The number of nitro groups is 1. The summed E-state index contributed by atoms with van der Waals surface area (Å²) in [5.74, 6) is 0.360. The third-order valence-corrected chi connectivity index (χ3v) is 2.81. The summed E-state index contributed by atoms with van der Waals surface area (Å²) in [5, 5.41) is 22.5. The highest BCUT2D eigenvalue weighted by Gasteiger charge is 2.18. The maximum atomic E-state index is 11.1. The van der Waals surface area contributed by atoms with Crippen LogP contribution in [0.5, 0.6) is 11.5 Å². The van der Waals surface area contributed by atoms with Gasteiger partial charge in [-0.05, 0) is 31.2 Å². The Bertz CT molecular complexity index is 696. The Morgan fingerprint density at radius 1 is 1.29 bits per heavy atom. The van der Waals surface area contributed by atoms with Gasteiger partial charge in [-0.3, -0.25) is 10.1 Å². The van der Waals surface area contributed by atoms with E-state index >= 15 is 0 Å². The van der Waals surface area contributed by atoms with Crippen molar-refractivity contribution in [2.75, 3.05) is 0 Å². The molecule has 2 rings (SSSR count). The van der Waals surface area contributed by atoms with Crippen LogP contribution < -0.4 is 10.5 Å². The number of nitro benzene ring substituents is 1. The van der Waals surface area contributed by atoms with Crippen LogP contribution in [0.15, 0.2) is 47.6 Å². The standard InChI is InChI=1S/C14H13N3O4/c1-9-2-5-11(6-3-9)21-13-7-4-10(14(15)16-18)8-12(13)17(19)20/h2-8,18H,1H3,(H2,15,16). The highest BCUT2D eigenvalue weighted by atomic mass is 16.6. The van der Waals surface area contributed by atoms with E-state index < -0.39 is 4.92 Å². The van der Waals surface area contributed by atoms with Gasteiger partial charge in [-0.1, -0.05) is 22.9 Å². The molecule has 0 atom stereocenters. The molecular formula is C14H13N3O4. The lowest BCUT2D eigenvalue weighted by Gasteiger charge is -2.08. The molecule has 0 radical (unpaired) electrons. The largest absolute Gasteiger partial charge is 0.450 e. The lowest BCUT2D eigenvalue weighted by Crippen LogP contribution is -2.13. The summed E-state index contributed by atoms with van der Waals surface area (Å²) in [7, 11) is 0. The van der Waals surface area contributed by atoms with Crippen molar-refractivity contribution in [3.8, 4) is 11.5 Å². The molecule has 2 aromatic rings. The number of hydrogen-bond acceptors (Lipinski definition) is 5. The number of aryl methyl sites for hydroxylation is 1. The van der Waals surface area contributed by atoms with Gasteiger partial charge < -0.3 is 15.7 Å². The maximum absolute atomic E-state index is 11.1. The molecule has 0 bridgehead atoms. The van der Waals surface area contributed by atoms with Crippen molar-refractivity contribution in [2.24, 2.45) is 10.9 Å². The van der Waals surface area contributed by atoms with E-state index in [9.17, 15) is 10.1 Å². The van der Waals surface area contributed by atoms with E-state index in [4.69, 9.17) is 15.7 Å². The number of nitrogens with zero attached hydrogens (tertiary/aromatic N) is 2. The van der Waals surface area contributed by atoms with E-state index in [1.807, 2.05) is 19.1 Å². The van der Waals surface area contributed by atoms with Crippen LogP contribution in [0, 0.1) is 17.0 Å². The van der Waals surface area contributed by atoms with Gasteiger partial charge in [0.05, 0.1) is 4.92 Å². The van der Waals surface area contributed by atoms with Crippen molar-refractivity contribution < 1.29 is 14.9 Å². The predicted octanol–water partition coefficient (Wildman–Crippen LogP) is 2.79. The minimum absolute atomic E-state index is 0.0818. The molecule has 0 heterocycles. The third-order valence-electron chi connectivity index (χ3n) is 2.81. The number of nitrogens with two attached hydrogens (primary N) is 1. The van der Waals surface area contributed by atoms with Crippen molar-refractivity contribution in [2.45, 2.75) is 6.92 Å². The molecule has 21 heavy (non-hydrogen) atoms. The lowest BCUT2D eigenvalue weighted by molar-refractivity contribution is -0.385. The van der Waals surface area contributed by atoms with Gasteiger partial charge >= 0.3 is 5.69 Å². The van der Waals surface area contributed by atoms with Crippen LogP contribution in [0.4, 0.5) is 5.69 Å². The average Bonchev–Trinajstić information content (AvgIpc) is 2.49. The van der Waals surface area contributed by atoms with Crippen LogP contribution in [0.1, 0.15) is 11.1 Å². The first kappa shape index (κ1) is 14.3. The normalized spacial score (nSPS) is 11.2. The fraction of sp³-hybridized carbons (Fsp3) is 0.0714. The topological polar surface area (TPSA) is 111 Å². The molecule has 0 unspecified atom stereocenters. The molecule has 0 saturated carbocycles. The minimum atomic E-state index is -0.586. The summed E-state index contributed by atoms with van der Waals surface area (Å²) in [6, 6.07) is 11.2. The zero-order valence-corrected chi connectivity index (χ0v) is 11.2. The highest BCUT2D eigenvalue weighted by Crippen LogP contribution is 2.32. The van der Waals surface area contributed by atoms with E-state index in [-0.39, 0.29) is 22.8 Å². The summed E-state index contributed by atoms with van der Waals surface area (Å²) in [5.41, 5.74) is 6.45. The predicted molar refractivity (Wildman–Crippen MR) is 76.9 cm³/mol. The molecule has 7 heteroatoms. The van der Waals surface area contributed by atoms with Crippen LogP contribution in [-0.4, -0.2) is 16.0 Å². The van der Waals surface area contributed by atoms with E-state index in [0.29, 0.717) is 5.75 Å². The molecule has 7 nitrogen and oxygen atoms in total. The lowest BCUT2D eigenvalue weighted by atomic mass is 10.1. The Balaban J connectivity index is 2.39. The van der Waals surface area contributed by atoms with Gasteiger partial charge in [-0.25, -0.2) is 0 Å². The van der Waals surface area contributed by atoms with Crippen molar-refractivity contribution in [1.29, 1.82) is 0 Å². The van der Waals surface area contributed by atoms with Gasteiger partial charge in [0.15, 0.2) is 5.84 Å². The fourth-order valence-electron chi connectivity index (χ4n) is 1.70. The second-order valence-corrected chi connectivity index (χ2v) is 4.34. The van der Waals surface area contributed by atoms with Crippen LogP contribution in [0.25, 0.3) is 0 Å². The van der Waals surface area contributed by atoms with Crippen molar-refractivity contribution >= 4 is 11.5 Å². The summed E-state index contributed by atoms with van der Waals surface area (Å²) in [6.07, 6.45) is 0. The SMILES string of the molecule is Cc1ccc(Oc2ccc(C(N)=NO)cc2[N+](=O)[O-])cc1. The van der Waals surface area contributed by atoms with Crippen molar-refractivity contribution in [3.63, 3.8) is 0 Å². The van der Waals surface area contributed by atoms with E-state index in [2.05, 4.69) is 5.16 Å². The Morgan fingerprint density at radius 2 is 1.95 bits per heavy atom. The number of oxime groups is 1. The number of amidine groups is 1. The Hall–Kier alpha value is -3.09. The van der Waals surface area contributed by atoms with Gasteiger partial charge in [-0.2, -0.15) is 0 Å². The molecule has 0 aliphatic carbocycles. The fourth-order valence-corrected chi connectivity index (χ4v) is 1.70. The number of benzene rings is 2. The van der Waals surface area contributed by atoms with Gasteiger partial charge in [0, 0.05) is 11.6 Å². The maximum Gasteiger partial charge on any atom is 0.312 e. The summed E-state index contributed by atoms with van der Waals surface area (Å²) in [4.78, 5) is 10.5. The van der Waals surface area contributed by atoms with E-state index in [0.717, 1.165) is 5.56 Å². The van der Waals surface area contributed by atoms with E-state index in [1.165, 1.54) is 18.2 Å². The molecular weight excluding hydrogens is 274 g/mol. The molecule has 0 aliphatic heterocycles. The monoisotopic (exact) mass is 287 g/mol. The number of hydrogen-bond donors (Lipinski definition) is 2. The summed E-state index contributed by atoms with van der Waals surface area (Å²) >= 11 is 0. The van der Waals surface area contributed by atoms with Gasteiger partial charge in [-0.15, -0.1) is 0 Å². The van der Waals surface area contributed by atoms with Gasteiger partial charge in [0.25, 0.3) is 0 Å². The van der Waals surface area contributed by atoms with Crippen LogP contribution in [0.2, 0.25) is 0 Å². The average molecular weight is 287 g/mol. The molecule has 2 aromatic carbocycles. The Morgan fingerprint density at radius 3 is 2.52 bits per heavy atom. The van der Waals surface area contributed by atoms with Crippen LogP contribution in [-0.2, 0) is 0 Å². The number of ether oxygens (including phenoxy) is 1. The molecule has 0 aromatic heterocycles. The molecule has 108 valence electrons. The molecule has 0 spiro atoms. The zero-order chi connectivity index (χ0) is 15.4. The Labute approximate surface area is 120 Å².